The van der Waals surface area contributed by atoms with Gasteiger partial charge in [0.2, 0.25) is 0 Å². The number of nitrogens with zero attached hydrogens (tertiary/aromatic N) is 3. The Morgan fingerprint density at radius 3 is 1.42 bits per heavy atom. The molecule has 2 aliphatic rings. The fourth-order valence-corrected chi connectivity index (χ4v) is 7.98. The molecule has 3 heteroatoms. The van der Waals surface area contributed by atoms with Gasteiger partial charge in [0.25, 0.3) is 0 Å². The zero-order valence-corrected chi connectivity index (χ0v) is 27.6. The molecule has 1 aromatic heterocycles. The highest BCUT2D eigenvalue weighted by molar-refractivity contribution is 5.94. The molecule has 0 aliphatic heterocycles. The van der Waals surface area contributed by atoms with Gasteiger partial charge in [0.1, 0.15) is 0 Å². The van der Waals surface area contributed by atoms with Crippen LogP contribution < -0.4 is 0 Å². The van der Waals surface area contributed by atoms with Crippen LogP contribution in [-0.4, -0.2) is 15.0 Å². The van der Waals surface area contributed by atoms with Gasteiger partial charge in [-0.1, -0.05) is 155 Å². The van der Waals surface area contributed by atoms with Crippen LogP contribution in [0.2, 0.25) is 0 Å². The lowest BCUT2D eigenvalue weighted by Crippen LogP contribution is -2.15. The van der Waals surface area contributed by atoms with Crippen molar-refractivity contribution in [3.05, 3.63) is 162 Å². The van der Waals surface area contributed by atoms with E-state index in [1.165, 1.54) is 55.6 Å². The van der Waals surface area contributed by atoms with E-state index in [9.17, 15) is 0 Å². The summed E-state index contributed by atoms with van der Waals surface area (Å²) in [6.07, 6.45) is 0. The van der Waals surface area contributed by atoms with E-state index < -0.39 is 0 Å². The van der Waals surface area contributed by atoms with E-state index in [1.807, 2.05) is 36.4 Å². The fraction of sp³-hybridized carbons (Fsp3) is 0.133. The second-order valence-electron chi connectivity index (χ2n) is 14.1. The third-order valence-corrected chi connectivity index (χ3v) is 10.6. The maximum absolute atomic E-state index is 5.02. The van der Waals surface area contributed by atoms with Crippen LogP contribution in [0.4, 0.5) is 0 Å². The van der Waals surface area contributed by atoms with Gasteiger partial charge >= 0.3 is 0 Å². The predicted octanol–water partition coefficient (Wildman–Crippen LogP) is 11.2. The molecule has 0 fully saturated rings. The van der Waals surface area contributed by atoms with Crippen LogP contribution in [0, 0.1) is 0 Å². The fourth-order valence-electron chi connectivity index (χ4n) is 7.98. The van der Waals surface area contributed by atoms with Crippen LogP contribution in [0.25, 0.3) is 67.5 Å². The number of benzene rings is 6. The molecule has 3 nitrogen and oxygen atoms in total. The van der Waals surface area contributed by atoms with E-state index in [4.69, 9.17) is 15.0 Å². The molecule has 1 heterocycles. The van der Waals surface area contributed by atoms with E-state index in [2.05, 4.69) is 131 Å². The summed E-state index contributed by atoms with van der Waals surface area (Å²) in [7, 11) is 0. The van der Waals surface area contributed by atoms with Crippen LogP contribution in [0.5, 0.6) is 0 Å². The van der Waals surface area contributed by atoms with Crippen molar-refractivity contribution < 1.29 is 0 Å². The maximum atomic E-state index is 5.02. The minimum atomic E-state index is -0.205. The summed E-state index contributed by atoms with van der Waals surface area (Å²) in [4.78, 5) is 14.9. The van der Waals surface area contributed by atoms with Crippen molar-refractivity contribution in [2.45, 2.75) is 38.5 Å². The molecule has 2 aliphatic carbocycles. The summed E-state index contributed by atoms with van der Waals surface area (Å²) in [5.41, 5.74) is 16.0. The standard InChI is InChI=1S/C45H35N3/c1-44(2)36-20-12-11-18-35(36)40-32(19-13-21-37(40)44)30-22-24-33-34-25-23-31(27-39(34)45(3,4)38(33)26-30)43-47-41(28-14-7-5-8-15-28)46-42(48-43)29-16-9-6-10-17-29/h5-27H,1-4H3. The van der Waals surface area contributed by atoms with Crippen LogP contribution in [0.3, 0.4) is 0 Å². The number of aromatic nitrogens is 3. The van der Waals surface area contributed by atoms with Gasteiger partial charge in [-0.2, -0.15) is 0 Å². The maximum Gasteiger partial charge on any atom is 0.164 e. The molecular weight excluding hydrogens is 583 g/mol. The highest BCUT2D eigenvalue weighted by Gasteiger charge is 2.38. The summed E-state index contributed by atoms with van der Waals surface area (Å²) in [5.74, 6) is 2.03. The summed E-state index contributed by atoms with van der Waals surface area (Å²) < 4.78 is 0. The summed E-state index contributed by atoms with van der Waals surface area (Å²) in [6.45, 7) is 9.38. The number of hydrogen-bond acceptors (Lipinski definition) is 3. The van der Waals surface area contributed by atoms with E-state index in [0.717, 1.165) is 16.7 Å². The average Bonchev–Trinajstić information content (AvgIpc) is 3.51. The Bertz CT molecular complexity index is 2330. The lowest BCUT2D eigenvalue weighted by Gasteiger charge is -2.23. The monoisotopic (exact) mass is 617 g/mol. The third kappa shape index (κ3) is 4.24. The quantitative estimate of drug-likeness (QED) is 0.197. The highest BCUT2D eigenvalue weighted by atomic mass is 15.0. The Hall–Kier alpha value is -5.67. The van der Waals surface area contributed by atoms with Crippen LogP contribution in [0.15, 0.2) is 140 Å². The first kappa shape index (κ1) is 28.5. The summed E-state index contributed by atoms with van der Waals surface area (Å²) in [5, 5.41) is 0. The normalized spacial score (nSPS) is 14.6. The summed E-state index contributed by atoms with van der Waals surface area (Å²) >= 11 is 0. The largest absolute Gasteiger partial charge is 0.208 e. The average molecular weight is 618 g/mol. The van der Waals surface area contributed by atoms with Crippen molar-refractivity contribution >= 4 is 0 Å². The molecule has 6 aromatic carbocycles. The van der Waals surface area contributed by atoms with Gasteiger partial charge in [0.05, 0.1) is 0 Å². The van der Waals surface area contributed by atoms with E-state index >= 15 is 0 Å². The van der Waals surface area contributed by atoms with Crippen molar-refractivity contribution in [1.82, 2.24) is 15.0 Å². The molecule has 230 valence electrons. The Labute approximate surface area is 282 Å². The Morgan fingerprint density at radius 1 is 0.333 bits per heavy atom. The lowest BCUT2D eigenvalue weighted by molar-refractivity contribution is 0.660. The van der Waals surface area contributed by atoms with Gasteiger partial charge in [0.15, 0.2) is 17.5 Å². The molecule has 9 rings (SSSR count). The first-order valence-electron chi connectivity index (χ1n) is 16.7. The summed E-state index contributed by atoms with van der Waals surface area (Å²) in [6, 6.07) is 49.8. The molecule has 0 spiro atoms. The van der Waals surface area contributed by atoms with E-state index in [-0.39, 0.29) is 10.8 Å². The lowest BCUT2D eigenvalue weighted by atomic mass is 9.80. The topological polar surface area (TPSA) is 38.7 Å². The Kier molecular flexibility index (Phi) is 6.20. The number of fused-ring (bicyclic) bond motifs is 6. The Balaban J connectivity index is 1.16. The molecule has 0 N–H and O–H groups in total. The third-order valence-electron chi connectivity index (χ3n) is 10.6. The van der Waals surface area contributed by atoms with Gasteiger partial charge in [-0.3, -0.25) is 0 Å². The molecular formula is C45H35N3. The minimum absolute atomic E-state index is 0.0274. The zero-order valence-electron chi connectivity index (χ0n) is 27.6. The van der Waals surface area contributed by atoms with Crippen molar-refractivity contribution in [2.75, 3.05) is 0 Å². The molecule has 0 bridgehead atoms. The van der Waals surface area contributed by atoms with Crippen molar-refractivity contribution in [3.63, 3.8) is 0 Å². The number of hydrogen-bond donors (Lipinski definition) is 0. The molecule has 0 saturated carbocycles. The first-order chi connectivity index (χ1) is 23.3. The molecule has 48 heavy (non-hydrogen) atoms. The number of rotatable bonds is 4. The Morgan fingerprint density at radius 2 is 0.792 bits per heavy atom. The molecule has 0 saturated heterocycles. The first-order valence-corrected chi connectivity index (χ1v) is 16.7. The molecule has 0 radical (unpaired) electrons. The van der Waals surface area contributed by atoms with Gasteiger partial charge in [-0.05, 0) is 67.8 Å². The molecule has 0 unspecified atom stereocenters. The molecule has 0 amide bonds. The predicted molar refractivity (Wildman–Crippen MR) is 197 cm³/mol. The zero-order chi connectivity index (χ0) is 32.6. The van der Waals surface area contributed by atoms with E-state index in [1.54, 1.807) is 0 Å². The van der Waals surface area contributed by atoms with Crippen LogP contribution >= 0.6 is 0 Å². The van der Waals surface area contributed by atoms with Gasteiger partial charge in [-0.25, -0.2) is 15.0 Å². The van der Waals surface area contributed by atoms with Gasteiger partial charge in [-0.15, -0.1) is 0 Å². The van der Waals surface area contributed by atoms with Crippen LogP contribution in [-0.2, 0) is 10.8 Å². The van der Waals surface area contributed by atoms with E-state index in [0.29, 0.717) is 17.5 Å². The van der Waals surface area contributed by atoms with Crippen molar-refractivity contribution in [3.8, 4) is 67.5 Å². The SMILES string of the molecule is CC1(C)c2cc(-c3nc(-c4ccccc4)nc(-c4ccccc4)n3)ccc2-c2ccc(-c3cccc4c3-c3ccccc3C4(C)C)cc21. The molecule has 0 atom stereocenters. The molecule has 7 aromatic rings. The van der Waals surface area contributed by atoms with Crippen molar-refractivity contribution in [1.29, 1.82) is 0 Å². The van der Waals surface area contributed by atoms with Gasteiger partial charge < -0.3 is 0 Å². The van der Waals surface area contributed by atoms with Crippen LogP contribution in [0.1, 0.15) is 49.9 Å². The highest BCUT2D eigenvalue weighted by Crippen LogP contribution is 2.54. The minimum Gasteiger partial charge on any atom is -0.208 e. The smallest absolute Gasteiger partial charge is 0.164 e. The second-order valence-corrected chi connectivity index (χ2v) is 14.1. The van der Waals surface area contributed by atoms with Crippen molar-refractivity contribution in [2.24, 2.45) is 0 Å². The second kappa shape index (κ2) is 10.4. The van der Waals surface area contributed by atoms with Gasteiger partial charge in [0, 0.05) is 27.5 Å².